The first-order valence-corrected chi connectivity index (χ1v) is 10.1. The van der Waals surface area contributed by atoms with E-state index in [0.717, 1.165) is 24.3 Å². The molecule has 1 fully saturated rings. The average molecular weight is 386 g/mol. The van der Waals surface area contributed by atoms with Crippen molar-refractivity contribution in [1.29, 1.82) is 0 Å². The molecule has 1 aromatic heterocycles. The van der Waals surface area contributed by atoms with E-state index < -0.39 is 0 Å². The van der Waals surface area contributed by atoms with Crippen molar-refractivity contribution in [2.24, 2.45) is 0 Å². The molecule has 2 heterocycles. The summed E-state index contributed by atoms with van der Waals surface area (Å²) in [6, 6.07) is 8.65. The number of piperidine rings is 1. The van der Waals surface area contributed by atoms with E-state index in [0.29, 0.717) is 30.3 Å². The fraction of sp³-hybridized carbons (Fsp3) is 0.571. The topological polar surface area (TPSA) is 80.5 Å². The van der Waals surface area contributed by atoms with Gasteiger partial charge in [0.2, 0.25) is 17.6 Å². The van der Waals surface area contributed by atoms with Gasteiger partial charge in [0.1, 0.15) is 12.2 Å². The molecule has 2 aromatic rings. The second-order valence-electron chi connectivity index (χ2n) is 7.49. The maximum atomic E-state index is 12.2. The molecule has 3 rings (SSSR count). The quantitative estimate of drug-likeness (QED) is 0.703. The van der Waals surface area contributed by atoms with E-state index in [1.54, 1.807) is 7.11 Å². The Hall–Kier alpha value is -2.41. The fourth-order valence-electron chi connectivity index (χ4n) is 3.79. The molecule has 1 aromatic carbocycles. The first-order chi connectivity index (χ1) is 13.6. The van der Waals surface area contributed by atoms with Crippen LogP contribution >= 0.6 is 0 Å². The Bertz CT molecular complexity index is 749. The van der Waals surface area contributed by atoms with Gasteiger partial charge in [0.05, 0.1) is 7.11 Å². The smallest absolute Gasteiger partial charge is 0.236 e. The minimum absolute atomic E-state index is 0.0929. The first-order valence-electron chi connectivity index (χ1n) is 10.1. The zero-order valence-corrected chi connectivity index (χ0v) is 17.0. The molecule has 1 aliphatic heterocycles. The van der Waals surface area contributed by atoms with Gasteiger partial charge >= 0.3 is 0 Å². The maximum absolute atomic E-state index is 12.2. The molecule has 1 N–H and O–H groups in total. The van der Waals surface area contributed by atoms with Gasteiger partial charge in [0, 0.05) is 30.7 Å². The lowest BCUT2D eigenvalue weighted by Crippen LogP contribution is -2.44. The molecule has 152 valence electrons. The van der Waals surface area contributed by atoms with Crippen LogP contribution in [-0.2, 0) is 11.2 Å². The molecule has 28 heavy (non-hydrogen) atoms. The van der Waals surface area contributed by atoms with Gasteiger partial charge in [-0.25, -0.2) is 0 Å². The van der Waals surface area contributed by atoms with Crippen molar-refractivity contribution in [3.63, 3.8) is 0 Å². The van der Waals surface area contributed by atoms with Crippen molar-refractivity contribution in [1.82, 2.24) is 20.4 Å². The number of nitrogens with one attached hydrogen (secondary N) is 1. The molecule has 0 bridgehead atoms. The summed E-state index contributed by atoms with van der Waals surface area (Å²) in [6.07, 6.45) is 4.90. The van der Waals surface area contributed by atoms with Crippen molar-refractivity contribution in [2.45, 2.75) is 58.0 Å². The lowest BCUT2D eigenvalue weighted by Gasteiger charge is -2.39. The summed E-state index contributed by atoms with van der Waals surface area (Å²) in [5, 5.41) is 6.91. The van der Waals surface area contributed by atoms with Crippen LogP contribution in [0.15, 0.2) is 28.8 Å². The average Bonchev–Trinajstić information content (AvgIpc) is 3.15. The van der Waals surface area contributed by atoms with Crippen molar-refractivity contribution < 1.29 is 14.1 Å². The Labute approximate surface area is 166 Å². The minimum Gasteiger partial charge on any atom is -0.497 e. The zero-order chi connectivity index (χ0) is 19.9. The van der Waals surface area contributed by atoms with Gasteiger partial charge in [-0.3, -0.25) is 9.69 Å². The van der Waals surface area contributed by atoms with Gasteiger partial charge in [0.25, 0.3) is 0 Å². The van der Waals surface area contributed by atoms with Crippen LogP contribution in [0.2, 0.25) is 0 Å². The van der Waals surface area contributed by atoms with Crippen LogP contribution in [0, 0.1) is 0 Å². The number of benzene rings is 1. The number of hydrogen-bond donors (Lipinski definition) is 1. The molecule has 0 aliphatic carbocycles. The highest BCUT2D eigenvalue weighted by Crippen LogP contribution is 2.22. The van der Waals surface area contributed by atoms with E-state index in [1.807, 2.05) is 24.3 Å². The first kappa shape index (κ1) is 20.3. The standard InChI is InChI=1S/C21H30N4O3/c1-15-6-4-7-16(2)25(15)13-5-12-22-19(26)14-20-23-21(24-28-20)17-8-10-18(27-3)11-9-17/h8-11,15-16H,4-7,12-14H2,1-3H3,(H,22,26)/t15-,16-/m0/s1. The van der Waals surface area contributed by atoms with E-state index in [4.69, 9.17) is 9.26 Å². The highest BCUT2D eigenvalue weighted by molar-refractivity contribution is 5.77. The number of carbonyl (C=O) groups excluding carboxylic acids is 1. The summed E-state index contributed by atoms with van der Waals surface area (Å²) in [7, 11) is 1.62. The number of aromatic nitrogens is 2. The van der Waals surface area contributed by atoms with E-state index >= 15 is 0 Å². The summed E-state index contributed by atoms with van der Waals surface area (Å²) in [5.74, 6) is 1.46. The van der Waals surface area contributed by atoms with Crippen LogP contribution < -0.4 is 10.1 Å². The fourth-order valence-corrected chi connectivity index (χ4v) is 3.79. The van der Waals surface area contributed by atoms with Crippen LogP contribution in [0.5, 0.6) is 5.75 Å². The number of ether oxygens (including phenoxy) is 1. The van der Waals surface area contributed by atoms with Crippen LogP contribution in [0.4, 0.5) is 0 Å². The molecule has 0 saturated carbocycles. The number of hydrogen-bond acceptors (Lipinski definition) is 6. The summed E-state index contributed by atoms with van der Waals surface area (Å²) in [6.45, 7) is 6.27. The largest absolute Gasteiger partial charge is 0.497 e. The molecule has 1 saturated heterocycles. The predicted octanol–water partition coefficient (Wildman–Crippen LogP) is 3.06. The minimum atomic E-state index is -0.0929. The van der Waals surface area contributed by atoms with E-state index in [9.17, 15) is 4.79 Å². The SMILES string of the molecule is COc1ccc(-c2noc(CC(=O)NCCCN3[C@@H](C)CCC[C@@H]3C)n2)cc1. The number of carbonyl (C=O) groups is 1. The van der Waals surface area contributed by atoms with E-state index in [-0.39, 0.29) is 12.3 Å². The Morgan fingerprint density at radius 3 is 2.64 bits per heavy atom. The molecule has 0 unspecified atom stereocenters. The number of nitrogens with zero attached hydrogens (tertiary/aromatic N) is 3. The second-order valence-corrected chi connectivity index (χ2v) is 7.49. The molecule has 7 nitrogen and oxygen atoms in total. The van der Waals surface area contributed by atoms with Crippen molar-refractivity contribution >= 4 is 5.91 Å². The molecule has 2 atom stereocenters. The lowest BCUT2D eigenvalue weighted by atomic mass is 9.97. The molecule has 7 heteroatoms. The Balaban J connectivity index is 1.42. The van der Waals surface area contributed by atoms with E-state index in [2.05, 4.69) is 34.2 Å². The molecule has 1 aliphatic rings. The molecule has 0 spiro atoms. The third kappa shape index (κ3) is 5.32. The normalized spacial score (nSPS) is 20.1. The Morgan fingerprint density at radius 2 is 1.96 bits per heavy atom. The van der Waals surface area contributed by atoms with Gasteiger partial charge in [-0.2, -0.15) is 4.98 Å². The van der Waals surface area contributed by atoms with Gasteiger partial charge in [0.15, 0.2) is 0 Å². The highest BCUT2D eigenvalue weighted by Gasteiger charge is 2.23. The third-order valence-corrected chi connectivity index (χ3v) is 5.42. The van der Waals surface area contributed by atoms with Crippen LogP contribution in [0.1, 0.15) is 45.4 Å². The number of amides is 1. The summed E-state index contributed by atoms with van der Waals surface area (Å²) >= 11 is 0. The van der Waals surface area contributed by atoms with Crippen LogP contribution in [0.25, 0.3) is 11.4 Å². The predicted molar refractivity (Wildman–Crippen MR) is 107 cm³/mol. The van der Waals surface area contributed by atoms with Gasteiger partial charge in [-0.15, -0.1) is 0 Å². The van der Waals surface area contributed by atoms with Gasteiger partial charge in [-0.05, 0) is 57.4 Å². The van der Waals surface area contributed by atoms with Gasteiger partial charge < -0.3 is 14.6 Å². The Kier molecular flexibility index (Phi) is 7.03. The monoisotopic (exact) mass is 386 g/mol. The molecule has 0 radical (unpaired) electrons. The number of likely N-dealkylation sites (tertiary alicyclic amines) is 1. The van der Waals surface area contributed by atoms with Crippen LogP contribution in [0.3, 0.4) is 0 Å². The van der Waals surface area contributed by atoms with Crippen molar-refractivity contribution in [3.8, 4) is 17.1 Å². The third-order valence-electron chi connectivity index (χ3n) is 5.42. The van der Waals surface area contributed by atoms with Crippen molar-refractivity contribution in [3.05, 3.63) is 30.2 Å². The van der Waals surface area contributed by atoms with E-state index in [1.165, 1.54) is 19.3 Å². The lowest BCUT2D eigenvalue weighted by molar-refractivity contribution is -0.120. The van der Waals surface area contributed by atoms with Crippen molar-refractivity contribution in [2.75, 3.05) is 20.2 Å². The summed E-state index contributed by atoms with van der Waals surface area (Å²) < 4.78 is 10.4. The zero-order valence-electron chi connectivity index (χ0n) is 17.0. The number of rotatable bonds is 8. The Morgan fingerprint density at radius 1 is 1.25 bits per heavy atom. The summed E-state index contributed by atoms with van der Waals surface area (Å²) in [5.41, 5.74) is 0.820. The van der Waals surface area contributed by atoms with Gasteiger partial charge in [-0.1, -0.05) is 11.6 Å². The maximum Gasteiger partial charge on any atom is 0.236 e. The summed E-state index contributed by atoms with van der Waals surface area (Å²) in [4.78, 5) is 19.0. The second kappa shape index (κ2) is 9.68. The highest BCUT2D eigenvalue weighted by atomic mass is 16.5. The molecule has 1 amide bonds. The molecular formula is C21H30N4O3. The number of methoxy groups -OCH3 is 1. The van der Waals surface area contributed by atoms with Crippen LogP contribution in [-0.4, -0.2) is 53.2 Å². The molecular weight excluding hydrogens is 356 g/mol.